The number of halogens is 1. The topological polar surface area (TPSA) is 114 Å². The highest BCUT2D eigenvalue weighted by molar-refractivity contribution is 9.10. The average Bonchev–Trinajstić information content (AvgIpc) is 2.65. The van der Waals surface area contributed by atoms with Crippen molar-refractivity contribution in [3.63, 3.8) is 0 Å². The lowest BCUT2D eigenvalue weighted by Crippen LogP contribution is -2.26. The second kappa shape index (κ2) is 8.83. The normalized spacial score (nSPS) is 16.1. The van der Waals surface area contributed by atoms with E-state index in [0.717, 1.165) is 4.47 Å². The van der Waals surface area contributed by atoms with Crippen LogP contribution in [0.5, 0.6) is 5.75 Å². The van der Waals surface area contributed by atoms with Gasteiger partial charge in [0.1, 0.15) is 23.1 Å². The Morgan fingerprint density at radius 3 is 2.93 bits per heavy atom. The van der Waals surface area contributed by atoms with E-state index in [1.165, 1.54) is 6.07 Å². The molecule has 146 valence electrons. The summed E-state index contributed by atoms with van der Waals surface area (Å²) < 4.78 is 39.4. The van der Waals surface area contributed by atoms with Crippen molar-refractivity contribution < 1.29 is 17.9 Å². The summed E-state index contributed by atoms with van der Waals surface area (Å²) in [5, 5.41) is 6.19. The van der Waals surface area contributed by atoms with Gasteiger partial charge in [-0.3, -0.25) is 0 Å². The molecule has 0 atom stereocenters. The first-order chi connectivity index (χ1) is 13.0. The molecule has 27 heavy (non-hydrogen) atoms. The molecule has 1 aromatic carbocycles. The van der Waals surface area contributed by atoms with Gasteiger partial charge in [0.05, 0.1) is 11.1 Å². The average molecular weight is 458 g/mol. The standard InChI is InChI=1S/C16H20BrN5O4S/c1-25-7-8-26-13-4-3-11-9-14(13)27(23,24)20-6-2-5-18-15-12(17)10-19-16(21-11)22-15/h3-4,9-10,20H,2,5-8H2,1H3,(H2,18,19,21,22). The van der Waals surface area contributed by atoms with E-state index < -0.39 is 10.0 Å². The number of fused-ring (bicyclic) bond motifs is 4. The lowest BCUT2D eigenvalue weighted by molar-refractivity contribution is 0.144. The number of nitrogens with zero attached hydrogens (tertiary/aromatic N) is 2. The van der Waals surface area contributed by atoms with Crippen LogP contribution in [0.2, 0.25) is 0 Å². The predicted molar refractivity (Wildman–Crippen MR) is 105 cm³/mol. The van der Waals surface area contributed by atoms with Crippen LogP contribution >= 0.6 is 15.9 Å². The summed E-state index contributed by atoms with van der Waals surface area (Å²) in [5.74, 6) is 1.24. The molecule has 0 spiro atoms. The van der Waals surface area contributed by atoms with Gasteiger partial charge in [-0.25, -0.2) is 18.1 Å². The van der Waals surface area contributed by atoms with Gasteiger partial charge < -0.3 is 20.1 Å². The summed E-state index contributed by atoms with van der Waals surface area (Å²) in [6, 6.07) is 4.81. The van der Waals surface area contributed by atoms with E-state index in [4.69, 9.17) is 9.47 Å². The first-order valence-electron chi connectivity index (χ1n) is 8.28. The third-order valence-electron chi connectivity index (χ3n) is 3.72. The van der Waals surface area contributed by atoms with Gasteiger partial charge in [0.2, 0.25) is 16.0 Å². The molecule has 0 unspecified atom stereocenters. The number of anilines is 3. The predicted octanol–water partition coefficient (Wildman–Crippen LogP) is 2.10. The van der Waals surface area contributed by atoms with Gasteiger partial charge >= 0.3 is 0 Å². The molecule has 0 fully saturated rings. The molecule has 0 saturated heterocycles. The van der Waals surface area contributed by atoms with Crippen molar-refractivity contribution in [2.24, 2.45) is 0 Å². The van der Waals surface area contributed by atoms with E-state index in [9.17, 15) is 8.42 Å². The smallest absolute Gasteiger partial charge is 0.244 e. The van der Waals surface area contributed by atoms with Gasteiger partial charge in [-0.05, 0) is 40.5 Å². The Kier molecular flexibility index (Phi) is 6.47. The van der Waals surface area contributed by atoms with Gasteiger partial charge in [-0.15, -0.1) is 0 Å². The first-order valence-corrected chi connectivity index (χ1v) is 10.6. The zero-order valence-corrected chi connectivity index (χ0v) is 17.1. The van der Waals surface area contributed by atoms with Gasteiger partial charge in [0.25, 0.3) is 0 Å². The Labute approximate surface area is 166 Å². The van der Waals surface area contributed by atoms with Gasteiger partial charge in [0, 0.05) is 32.1 Å². The van der Waals surface area contributed by atoms with Crippen LogP contribution in [0.15, 0.2) is 33.8 Å². The van der Waals surface area contributed by atoms with Crippen LogP contribution in [-0.2, 0) is 14.8 Å². The fourth-order valence-corrected chi connectivity index (χ4v) is 3.98. The summed E-state index contributed by atoms with van der Waals surface area (Å²) in [5.41, 5.74) is 0.530. The highest BCUT2D eigenvalue weighted by Gasteiger charge is 2.21. The fraction of sp³-hybridized carbons (Fsp3) is 0.375. The maximum Gasteiger partial charge on any atom is 0.244 e. The Balaban J connectivity index is 1.99. The van der Waals surface area contributed by atoms with Crippen molar-refractivity contribution in [2.45, 2.75) is 11.3 Å². The molecule has 3 rings (SSSR count). The van der Waals surface area contributed by atoms with E-state index in [0.29, 0.717) is 37.0 Å². The number of hydrogen-bond acceptors (Lipinski definition) is 8. The molecule has 0 aliphatic carbocycles. The van der Waals surface area contributed by atoms with Crippen LogP contribution in [0.25, 0.3) is 0 Å². The molecule has 0 saturated carbocycles. The Morgan fingerprint density at radius 2 is 2.11 bits per heavy atom. The summed E-state index contributed by atoms with van der Waals surface area (Å²) in [4.78, 5) is 8.67. The summed E-state index contributed by atoms with van der Waals surface area (Å²) in [6.45, 7) is 1.43. The Morgan fingerprint density at radius 1 is 1.26 bits per heavy atom. The maximum absolute atomic E-state index is 12.8. The van der Waals surface area contributed by atoms with Gasteiger partial charge in [0.15, 0.2) is 0 Å². The monoisotopic (exact) mass is 457 g/mol. The van der Waals surface area contributed by atoms with Crippen molar-refractivity contribution in [3.8, 4) is 5.75 Å². The molecule has 11 heteroatoms. The molecule has 3 N–H and O–H groups in total. The van der Waals surface area contributed by atoms with E-state index in [-0.39, 0.29) is 23.8 Å². The molecule has 2 aromatic rings. The number of methoxy groups -OCH3 is 1. The SMILES string of the molecule is COCCOc1ccc2cc1S(=O)(=O)NCCCNc1nc(ncc1Br)N2. The molecule has 0 amide bonds. The van der Waals surface area contributed by atoms with Crippen molar-refractivity contribution in [2.75, 3.05) is 44.0 Å². The van der Waals surface area contributed by atoms with Gasteiger partial charge in [-0.2, -0.15) is 4.98 Å². The van der Waals surface area contributed by atoms with Crippen molar-refractivity contribution in [1.82, 2.24) is 14.7 Å². The highest BCUT2D eigenvalue weighted by atomic mass is 79.9. The summed E-state index contributed by atoms with van der Waals surface area (Å²) >= 11 is 3.40. The number of rotatable bonds is 4. The number of nitrogens with one attached hydrogen (secondary N) is 3. The lowest BCUT2D eigenvalue weighted by Gasteiger charge is -2.14. The molecule has 0 radical (unpaired) electrons. The van der Waals surface area contributed by atoms with E-state index >= 15 is 0 Å². The summed E-state index contributed by atoms with van der Waals surface area (Å²) in [7, 11) is -2.19. The number of benzene rings is 1. The fourth-order valence-electron chi connectivity index (χ4n) is 2.41. The maximum atomic E-state index is 12.8. The molecule has 4 bridgehead atoms. The highest BCUT2D eigenvalue weighted by Crippen LogP contribution is 2.29. The summed E-state index contributed by atoms with van der Waals surface area (Å²) in [6.07, 6.45) is 2.22. The van der Waals surface area contributed by atoms with E-state index in [1.54, 1.807) is 25.4 Å². The molecular weight excluding hydrogens is 438 g/mol. The molecule has 1 aromatic heterocycles. The molecule has 1 aliphatic heterocycles. The van der Waals surface area contributed by atoms with Crippen LogP contribution in [0, 0.1) is 0 Å². The van der Waals surface area contributed by atoms with Crippen LogP contribution in [0.1, 0.15) is 6.42 Å². The zero-order valence-electron chi connectivity index (χ0n) is 14.7. The third-order valence-corrected chi connectivity index (χ3v) is 5.78. The molecule has 9 nitrogen and oxygen atoms in total. The minimum Gasteiger partial charge on any atom is -0.490 e. The van der Waals surface area contributed by atoms with E-state index in [1.807, 2.05) is 0 Å². The molecule has 1 aliphatic rings. The second-order valence-corrected chi connectivity index (χ2v) is 8.29. The molecule has 2 heterocycles. The first kappa shape index (κ1) is 19.8. The van der Waals surface area contributed by atoms with Crippen molar-refractivity contribution in [1.29, 1.82) is 0 Å². The number of aromatic nitrogens is 2. The van der Waals surface area contributed by atoms with Crippen LogP contribution < -0.4 is 20.1 Å². The quantitative estimate of drug-likeness (QED) is 0.597. The van der Waals surface area contributed by atoms with Crippen LogP contribution in [0.3, 0.4) is 0 Å². The van der Waals surface area contributed by atoms with Gasteiger partial charge in [-0.1, -0.05) is 0 Å². The van der Waals surface area contributed by atoms with E-state index in [2.05, 4.69) is 41.3 Å². The number of hydrogen-bond donors (Lipinski definition) is 3. The van der Waals surface area contributed by atoms with Crippen LogP contribution in [0.4, 0.5) is 17.5 Å². The lowest BCUT2D eigenvalue weighted by atomic mass is 10.3. The number of sulfonamides is 1. The molecular formula is C16H20BrN5O4S. The van der Waals surface area contributed by atoms with Crippen molar-refractivity contribution in [3.05, 3.63) is 28.9 Å². The number of ether oxygens (including phenoxy) is 2. The minimum absolute atomic E-state index is 0.0492. The second-order valence-electron chi connectivity index (χ2n) is 5.70. The minimum atomic E-state index is -3.74. The van der Waals surface area contributed by atoms with Crippen LogP contribution in [-0.4, -0.2) is 51.8 Å². The Bertz CT molecular complexity index is 910. The van der Waals surface area contributed by atoms with Crippen molar-refractivity contribution >= 4 is 43.4 Å². The third kappa shape index (κ3) is 5.06. The largest absolute Gasteiger partial charge is 0.490 e. The zero-order chi connectivity index (χ0) is 19.3. The Hall–Kier alpha value is -1.95.